The van der Waals surface area contributed by atoms with Crippen LogP contribution in [0.3, 0.4) is 0 Å². The summed E-state index contributed by atoms with van der Waals surface area (Å²) in [6, 6.07) is -2.77. The normalized spacial score (nSPS) is 41.2. The number of ether oxygens (including phenoxy) is 3. The molecule has 3 rings (SSSR count). The predicted molar refractivity (Wildman–Crippen MR) is 118 cm³/mol. The molecule has 3 unspecified atom stereocenters. The minimum Gasteiger partial charge on any atom is -0.493 e. The van der Waals surface area contributed by atoms with Gasteiger partial charge < -0.3 is 19.9 Å². The molecule has 2 aliphatic rings. The van der Waals surface area contributed by atoms with Crippen molar-refractivity contribution in [3.05, 3.63) is 23.3 Å². The number of hydrogen-bond donors (Lipinski definition) is 1. The zero-order valence-electron chi connectivity index (χ0n) is 33.2. The van der Waals surface area contributed by atoms with Crippen LogP contribution in [0, 0.1) is 17.7 Å². The molecule has 0 radical (unpaired) electrons. The smallest absolute Gasteiger partial charge is 0.323 e. The minimum atomic E-state index is -3.88. The number of hydrogen-bond acceptors (Lipinski definition) is 6. The number of rotatable bonds is 7. The lowest BCUT2D eigenvalue weighted by molar-refractivity contribution is -0.160. The van der Waals surface area contributed by atoms with E-state index in [-0.39, 0.29) is 29.2 Å². The highest BCUT2D eigenvalue weighted by atomic mass is 16.5. The van der Waals surface area contributed by atoms with E-state index >= 15 is 0 Å². The number of aryl methyl sites for hydroxylation is 1. The van der Waals surface area contributed by atoms with E-state index < -0.39 is 88.2 Å². The second kappa shape index (κ2) is 9.56. The molecule has 0 aromatic heterocycles. The Morgan fingerprint density at radius 1 is 1.40 bits per heavy atom. The summed E-state index contributed by atoms with van der Waals surface area (Å²) in [5.74, 6) is -7.73. The highest BCUT2D eigenvalue weighted by molar-refractivity contribution is 5.76. The number of esters is 1. The molecule has 168 valence electrons. The molecule has 1 saturated heterocycles. The summed E-state index contributed by atoms with van der Waals surface area (Å²) in [4.78, 5) is 14.7. The molecule has 2 heterocycles. The Hall–Kier alpha value is -1.79. The molecule has 4 atom stereocenters. The Morgan fingerprint density at radius 2 is 2.17 bits per heavy atom. The summed E-state index contributed by atoms with van der Waals surface area (Å²) in [6.45, 7) is -7.25. The number of benzene rings is 1. The molecule has 0 aliphatic carbocycles. The second-order valence-electron chi connectivity index (χ2n) is 7.77. The van der Waals surface area contributed by atoms with Crippen LogP contribution in [0.15, 0.2) is 12.1 Å². The molecular formula is C24H38N2O4. The van der Waals surface area contributed by atoms with E-state index in [1.54, 1.807) is 13.8 Å². The van der Waals surface area contributed by atoms with Crippen molar-refractivity contribution < 1.29 is 40.9 Å². The number of carbonyl (C=O) groups excluding carboxylic acids is 1. The lowest BCUT2D eigenvalue weighted by atomic mass is 9.79. The van der Waals surface area contributed by atoms with Gasteiger partial charge in [0.2, 0.25) is 0 Å². The third kappa shape index (κ3) is 4.75. The minimum absolute atomic E-state index is 0.0373. The maximum absolute atomic E-state index is 13.5. The van der Waals surface area contributed by atoms with Crippen LogP contribution in [0.1, 0.15) is 79.5 Å². The van der Waals surface area contributed by atoms with E-state index in [4.69, 9.17) is 40.5 Å². The molecule has 2 aliphatic heterocycles. The van der Waals surface area contributed by atoms with Crippen molar-refractivity contribution in [3.8, 4) is 11.5 Å². The predicted octanol–water partition coefficient (Wildman–Crippen LogP) is 3.56. The topological polar surface area (TPSA) is 74.0 Å². The van der Waals surface area contributed by atoms with Crippen molar-refractivity contribution in [1.29, 1.82) is 0 Å². The lowest BCUT2D eigenvalue weighted by Gasteiger charge is -2.47. The molecule has 0 amide bonds. The number of carbonyl (C=O) groups is 1. The summed E-state index contributed by atoms with van der Waals surface area (Å²) < 4.78 is 146. The van der Waals surface area contributed by atoms with Crippen molar-refractivity contribution in [2.75, 3.05) is 27.2 Å². The second-order valence-corrected chi connectivity index (χ2v) is 7.77. The maximum atomic E-state index is 13.5. The number of methoxy groups -OCH3 is 2. The number of fused-ring (bicyclic) bond motifs is 3. The van der Waals surface area contributed by atoms with Crippen LogP contribution in [0.5, 0.6) is 11.5 Å². The van der Waals surface area contributed by atoms with Crippen molar-refractivity contribution in [2.45, 2.75) is 64.9 Å². The molecule has 0 spiro atoms. The number of nitrogens with zero attached hydrogens (tertiary/aromatic N) is 1. The van der Waals surface area contributed by atoms with E-state index in [0.717, 1.165) is 11.0 Å². The largest absolute Gasteiger partial charge is 0.493 e. The van der Waals surface area contributed by atoms with E-state index in [1.165, 1.54) is 13.2 Å². The Morgan fingerprint density at radius 3 is 2.83 bits per heavy atom. The summed E-state index contributed by atoms with van der Waals surface area (Å²) >= 11 is 0. The molecule has 6 nitrogen and oxygen atoms in total. The Kier molecular flexibility index (Phi) is 3.12. The molecule has 6 heteroatoms. The molecule has 2 N–H and O–H groups in total. The van der Waals surface area contributed by atoms with Crippen LogP contribution in [0.2, 0.25) is 0 Å². The van der Waals surface area contributed by atoms with Crippen LogP contribution in [-0.4, -0.2) is 50.2 Å². The van der Waals surface area contributed by atoms with Crippen molar-refractivity contribution in [3.63, 3.8) is 0 Å². The van der Waals surface area contributed by atoms with E-state index in [2.05, 4.69) is 0 Å². The first-order valence-corrected chi connectivity index (χ1v) is 9.59. The zero-order valence-corrected chi connectivity index (χ0v) is 17.2. The van der Waals surface area contributed by atoms with Crippen LogP contribution in [0.4, 0.5) is 0 Å². The SMILES string of the molecule is [2H]C([2H])([2H])Oc1cc2c(cc1OC)C1CC([2H])(OC(=O)[C@@]([2H])(N)C([2H])(C([2H])([2H])[2H])C([2H])([2H])[2H])C(CC(C)C)CN1C([2H])([2H])C2([2H])[2H]. The number of nitrogens with two attached hydrogens (primary N) is 1. The monoisotopic (exact) mass is 434 g/mol. The molecule has 1 aromatic rings. The summed E-state index contributed by atoms with van der Waals surface area (Å²) in [5.41, 5.74) is 5.43. The standard InChI is InChI=1S/C24H38N2O4/c1-14(2)9-17-13-26-8-7-16-10-21(28-5)22(29-6)11-18(16)19(26)12-20(17)30-24(27)23(25)15(3)4/h10-11,14-15,17,19-20,23H,7-9,12-13,25H2,1-6H3/t17?,19?,20?,23-/m0/s1/i3D3,4D3,5D3,7D2,8D2,15D,20D,23D. The van der Waals surface area contributed by atoms with Crippen LogP contribution < -0.4 is 15.2 Å². The van der Waals surface area contributed by atoms with E-state index in [9.17, 15) is 6.17 Å². The van der Waals surface area contributed by atoms with Gasteiger partial charge in [0.05, 0.1) is 21.0 Å². The van der Waals surface area contributed by atoms with Crippen molar-refractivity contribution >= 4 is 5.97 Å². The van der Waals surface area contributed by atoms with Gasteiger partial charge in [-0.05, 0) is 47.9 Å². The van der Waals surface area contributed by atoms with Gasteiger partial charge in [-0.15, -0.1) is 0 Å². The number of piperidine rings is 1. The van der Waals surface area contributed by atoms with Gasteiger partial charge in [0.1, 0.15) is 12.1 Å². The summed E-state index contributed by atoms with van der Waals surface area (Å²) in [6.07, 6.45) is -5.72. The van der Waals surface area contributed by atoms with Crippen molar-refractivity contribution in [1.82, 2.24) is 4.90 Å². The Bertz CT molecular complexity index is 1310. The Labute approximate surface area is 203 Å². The summed E-state index contributed by atoms with van der Waals surface area (Å²) in [7, 11) is -1.79. The third-order valence-corrected chi connectivity index (χ3v) is 5.25. The third-order valence-electron chi connectivity index (χ3n) is 5.25. The molecule has 0 bridgehead atoms. The van der Waals surface area contributed by atoms with Crippen LogP contribution in [0.25, 0.3) is 0 Å². The molecule has 0 saturated carbocycles. The van der Waals surface area contributed by atoms with Crippen molar-refractivity contribution in [2.24, 2.45) is 23.5 Å². The van der Waals surface area contributed by atoms with Gasteiger partial charge in [0.25, 0.3) is 0 Å². The molecule has 1 fully saturated rings. The van der Waals surface area contributed by atoms with E-state index in [1.807, 2.05) is 0 Å². The average Bonchev–Trinajstić information content (AvgIpc) is 2.85. The van der Waals surface area contributed by atoms with E-state index in [0.29, 0.717) is 0 Å². The van der Waals surface area contributed by atoms with Gasteiger partial charge in [-0.25, -0.2) is 0 Å². The average molecular weight is 435 g/mol. The van der Waals surface area contributed by atoms with Gasteiger partial charge in [-0.3, -0.25) is 9.69 Å². The first kappa shape index (κ1) is 9.78. The molecule has 1 aromatic carbocycles. The first-order chi connectivity index (χ1) is 20.4. The molecule has 30 heavy (non-hydrogen) atoms. The highest BCUT2D eigenvalue weighted by Crippen LogP contribution is 2.44. The zero-order chi connectivity index (χ0) is 35.9. The lowest BCUT2D eigenvalue weighted by Crippen LogP contribution is -2.51. The fourth-order valence-corrected chi connectivity index (χ4v) is 3.84. The van der Waals surface area contributed by atoms with Gasteiger partial charge >= 0.3 is 5.97 Å². The van der Waals surface area contributed by atoms with Crippen LogP contribution >= 0.6 is 0 Å². The van der Waals surface area contributed by atoms with Gasteiger partial charge in [0, 0.05) is 46.5 Å². The van der Waals surface area contributed by atoms with Gasteiger partial charge in [-0.1, -0.05) is 27.6 Å². The molecular weight excluding hydrogens is 380 g/mol. The fraction of sp³-hybridized carbons (Fsp3) is 0.708. The quantitative estimate of drug-likeness (QED) is 0.662. The fourth-order valence-electron chi connectivity index (χ4n) is 3.84. The van der Waals surface area contributed by atoms with Crippen LogP contribution in [-0.2, 0) is 15.9 Å². The Balaban J connectivity index is 2.22. The van der Waals surface area contributed by atoms with Gasteiger partial charge in [-0.2, -0.15) is 0 Å². The maximum Gasteiger partial charge on any atom is 0.323 e. The first-order valence-electron chi connectivity index (χ1n) is 17.6. The summed E-state index contributed by atoms with van der Waals surface area (Å²) in [5, 5.41) is 0. The van der Waals surface area contributed by atoms with Gasteiger partial charge in [0.15, 0.2) is 11.5 Å². The highest BCUT2D eigenvalue weighted by Gasteiger charge is 2.41.